The van der Waals surface area contributed by atoms with Gasteiger partial charge in [0.15, 0.2) is 5.16 Å². The van der Waals surface area contributed by atoms with Crippen molar-refractivity contribution in [1.29, 1.82) is 0 Å². The van der Waals surface area contributed by atoms with Gasteiger partial charge >= 0.3 is 11.9 Å². The molecule has 15 heavy (non-hydrogen) atoms. The molecule has 0 fully saturated rings. The molecule has 0 atom stereocenters. The lowest BCUT2D eigenvalue weighted by Crippen LogP contribution is -2.12. The van der Waals surface area contributed by atoms with Crippen molar-refractivity contribution in [2.75, 3.05) is 12.9 Å². The van der Waals surface area contributed by atoms with E-state index in [1.54, 1.807) is 10.8 Å². The first-order valence-electron chi connectivity index (χ1n) is 4.06. The summed E-state index contributed by atoms with van der Waals surface area (Å²) in [5.74, 6) is -1.41. The summed E-state index contributed by atoms with van der Waals surface area (Å²) in [6.45, 7) is 0.0401. The summed E-state index contributed by atoms with van der Waals surface area (Å²) in [5.41, 5.74) is 0. The average molecular weight is 230 g/mol. The maximum absolute atomic E-state index is 11.0. The van der Waals surface area contributed by atoms with Crippen LogP contribution < -0.4 is 0 Å². The first-order valence-corrected chi connectivity index (χ1v) is 5.04. The predicted molar refractivity (Wildman–Crippen MR) is 52.6 cm³/mol. The van der Waals surface area contributed by atoms with Gasteiger partial charge in [-0.2, -0.15) is 0 Å². The summed E-state index contributed by atoms with van der Waals surface area (Å²) in [6, 6.07) is 0. The molecule has 0 aromatic carbocycles. The first kappa shape index (κ1) is 11.6. The molecule has 0 radical (unpaired) electrons. The van der Waals surface area contributed by atoms with Crippen LogP contribution in [-0.2, 0) is 20.9 Å². The molecule has 0 aliphatic carbocycles. The van der Waals surface area contributed by atoms with Gasteiger partial charge in [-0.05, 0) is 0 Å². The van der Waals surface area contributed by atoms with Gasteiger partial charge in [-0.1, -0.05) is 11.8 Å². The van der Waals surface area contributed by atoms with Crippen molar-refractivity contribution < 1.29 is 19.4 Å². The van der Waals surface area contributed by atoms with E-state index in [1.165, 1.54) is 13.3 Å². The van der Waals surface area contributed by atoms with Gasteiger partial charge in [0.1, 0.15) is 6.54 Å². The molecule has 0 amide bonds. The van der Waals surface area contributed by atoms with Crippen LogP contribution in [0.25, 0.3) is 0 Å². The topological polar surface area (TPSA) is 81.4 Å². The highest BCUT2D eigenvalue weighted by molar-refractivity contribution is 7.99. The van der Waals surface area contributed by atoms with E-state index >= 15 is 0 Å². The Morgan fingerprint density at radius 1 is 1.67 bits per heavy atom. The van der Waals surface area contributed by atoms with Crippen molar-refractivity contribution in [3.8, 4) is 0 Å². The number of ether oxygens (including phenoxy) is 1. The van der Waals surface area contributed by atoms with Crippen LogP contribution in [0.1, 0.15) is 0 Å². The first-order chi connectivity index (χ1) is 7.13. The molecular weight excluding hydrogens is 220 g/mol. The van der Waals surface area contributed by atoms with Gasteiger partial charge in [0, 0.05) is 12.4 Å². The molecule has 0 unspecified atom stereocenters. The van der Waals surface area contributed by atoms with E-state index in [2.05, 4.69) is 9.72 Å². The Hall–Kier alpha value is -1.50. The number of hydrogen-bond acceptors (Lipinski definition) is 5. The van der Waals surface area contributed by atoms with Gasteiger partial charge in [-0.25, -0.2) is 4.98 Å². The Balaban J connectivity index is 2.60. The number of carbonyl (C=O) groups excluding carboxylic acids is 1. The fraction of sp³-hybridized carbons (Fsp3) is 0.375. The molecule has 1 heterocycles. The minimum absolute atomic E-state index is 0.0401. The van der Waals surface area contributed by atoms with Crippen molar-refractivity contribution in [3.05, 3.63) is 12.4 Å². The number of thioether (sulfide) groups is 1. The number of carboxylic acids is 1. The third-order valence-corrected chi connectivity index (χ3v) is 2.52. The Morgan fingerprint density at radius 3 is 3.00 bits per heavy atom. The fourth-order valence-electron chi connectivity index (χ4n) is 0.886. The zero-order valence-corrected chi connectivity index (χ0v) is 8.86. The molecule has 0 aliphatic heterocycles. The Morgan fingerprint density at radius 2 is 2.40 bits per heavy atom. The smallest absolute Gasteiger partial charge is 0.325 e. The third-order valence-electron chi connectivity index (χ3n) is 1.53. The van der Waals surface area contributed by atoms with Gasteiger partial charge in [0.05, 0.1) is 12.9 Å². The number of carboxylic acid groups (broad SMARTS) is 1. The molecule has 7 heteroatoms. The number of rotatable bonds is 5. The van der Waals surface area contributed by atoms with Crippen LogP contribution in [0, 0.1) is 0 Å². The van der Waals surface area contributed by atoms with E-state index < -0.39 is 11.9 Å². The van der Waals surface area contributed by atoms with Gasteiger partial charge in [-0.3, -0.25) is 9.59 Å². The number of nitrogens with zero attached hydrogens (tertiary/aromatic N) is 2. The minimum atomic E-state index is -0.924. The van der Waals surface area contributed by atoms with E-state index in [1.807, 2.05) is 0 Å². The van der Waals surface area contributed by atoms with Crippen LogP contribution in [0.5, 0.6) is 0 Å². The van der Waals surface area contributed by atoms with Crippen LogP contribution in [0.3, 0.4) is 0 Å². The highest BCUT2D eigenvalue weighted by Gasteiger charge is 2.09. The summed E-state index contributed by atoms with van der Waals surface area (Å²) in [6.07, 6.45) is 3.11. The van der Waals surface area contributed by atoms with Crippen LogP contribution in [0.4, 0.5) is 0 Å². The number of imidazole rings is 1. The second kappa shape index (κ2) is 5.40. The molecule has 0 spiro atoms. The maximum atomic E-state index is 11.0. The lowest BCUT2D eigenvalue weighted by molar-refractivity contribution is -0.141. The van der Waals surface area contributed by atoms with Crippen molar-refractivity contribution in [3.63, 3.8) is 0 Å². The van der Waals surface area contributed by atoms with Gasteiger partial charge in [-0.15, -0.1) is 0 Å². The molecule has 0 bridgehead atoms. The molecule has 0 saturated heterocycles. The quantitative estimate of drug-likeness (QED) is 0.576. The zero-order chi connectivity index (χ0) is 11.3. The summed E-state index contributed by atoms with van der Waals surface area (Å²) in [5, 5.41) is 8.97. The highest BCUT2D eigenvalue weighted by Crippen LogP contribution is 2.15. The maximum Gasteiger partial charge on any atom is 0.325 e. The lowest BCUT2D eigenvalue weighted by Gasteiger charge is -2.04. The van der Waals surface area contributed by atoms with E-state index in [9.17, 15) is 9.59 Å². The number of esters is 1. The SMILES string of the molecule is COC(=O)Cn1ccnc1SCC(=O)O. The predicted octanol–water partition coefficient (Wildman–Crippen LogP) is 0.233. The third kappa shape index (κ3) is 3.62. The number of hydrogen-bond donors (Lipinski definition) is 1. The van der Waals surface area contributed by atoms with Crippen molar-refractivity contribution in [2.24, 2.45) is 0 Å². The normalized spacial score (nSPS) is 9.93. The molecule has 1 aromatic rings. The average Bonchev–Trinajstić information content (AvgIpc) is 2.62. The number of methoxy groups -OCH3 is 1. The highest BCUT2D eigenvalue weighted by atomic mass is 32.2. The van der Waals surface area contributed by atoms with E-state index in [0.29, 0.717) is 5.16 Å². The second-order valence-corrected chi connectivity index (χ2v) is 3.54. The summed E-state index contributed by atoms with van der Waals surface area (Å²) < 4.78 is 6.03. The summed E-state index contributed by atoms with van der Waals surface area (Å²) in [4.78, 5) is 25.2. The Labute approximate surface area is 90.2 Å². The van der Waals surface area contributed by atoms with Crippen molar-refractivity contribution in [2.45, 2.75) is 11.7 Å². The number of carbonyl (C=O) groups is 2. The second-order valence-electron chi connectivity index (χ2n) is 2.60. The van der Waals surface area contributed by atoms with Crippen LogP contribution in [-0.4, -0.2) is 39.5 Å². The minimum Gasteiger partial charge on any atom is -0.481 e. The number of aromatic nitrogens is 2. The van der Waals surface area contributed by atoms with Crippen molar-refractivity contribution >= 4 is 23.7 Å². The molecule has 1 N–H and O–H groups in total. The molecule has 0 saturated carbocycles. The van der Waals surface area contributed by atoms with Crippen LogP contribution in [0.15, 0.2) is 17.6 Å². The lowest BCUT2D eigenvalue weighted by atomic mass is 10.6. The standard InChI is InChI=1S/C8H10N2O4S/c1-14-7(13)4-10-3-2-9-8(10)15-5-6(11)12/h2-3H,4-5H2,1H3,(H,11,12). The van der Waals surface area contributed by atoms with Crippen LogP contribution in [0.2, 0.25) is 0 Å². The molecule has 6 nitrogen and oxygen atoms in total. The van der Waals surface area contributed by atoms with Crippen molar-refractivity contribution in [1.82, 2.24) is 9.55 Å². The molecule has 0 aliphatic rings. The summed E-state index contributed by atoms with van der Waals surface area (Å²) in [7, 11) is 1.29. The monoisotopic (exact) mass is 230 g/mol. The molecular formula is C8H10N2O4S. The molecule has 1 rings (SSSR count). The fourth-order valence-corrected chi connectivity index (χ4v) is 1.57. The van der Waals surface area contributed by atoms with Crippen LogP contribution >= 0.6 is 11.8 Å². The van der Waals surface area contributed by atoms with E-state index in [-0.39, 0.29) is 12.3 Å². The number of aliphatic carboxylic acids is 1. The van der Waals surface area contributed by atoms with E-state index in [4.69, 9.17) is 5.11 Å². The van der Waals surface area contributed by atoms with Gasteiger partial charge in [0.25, 0.3) is 0 Å². The van der Waals surface area contributed by atoms with Gasteiger partial charge in [0.2, 0.25) is 0 Å². The zero-order valence-electron chi connectivity index (χ0n) is 8.04. The van der Waals surface area contributed by atoms with Gasteiger partial charge < -0.3 is 14.4 Å². The summed E-state index contributed by atoms with van der Waals surface area (Å²) >= 11 is 1.06. The molecule has 82 valence electrons. The van der Waals surface area contributed by atoms with E-state index in [0.717, 1.165) is 11.8 Å². The molecule has 1 aromatic heterocycles. The Kier molecular flexibility index (Phi) is 4.17. The largest absolute Gasteiger partial charge is 0.481 e. The Bertz CT molecular complexity index is 363.